The van der Waals surface area contributed by atoms with E-state index in [1.807, 2.05) is 6.08 Å². The number of esters is 1. The molecule has 0 aliphatic carbocycles. The van der Waals surface area contributed by atoms with E-state index in [1.54, 1.807) is 6.08 Å². The Hall–Kier alpha value is -1.92. The van der Waals surface area contributed by atoms with Gasteiger partial charge >= 0.3 is 5.97 Å². The van der Waals surface area contributed by atoms with E-state index in [0.717, 1.165) is 51.4 Å². The number of nitrogens with one attached hydrogen (secondary N) is 1. The Morgan fingerprint density at radius 3 is 0.897 bits per heavy atom. The van der Waals surface area contributed by atoms with Gasteiger partial charge < -0.3 is 20.3 Å². The Balaban J connectivity index is 3.37. The van der Waals surface area contributed by atoms with Crippen molar-refractivity contribution in [2.24, 2.45) is 0 Å². The predicted octanol–water partition coefficient (Wildman–Crippen LogP) is 26.2. The molecule has 514 valence electrons. The summed E-state index contributed by atoms with van der Waals surface area (Å²) in [5, 5.41) is 23.3. The number of ether oxygens (including phenoxy) is 1. The minimum Gasteiger partial charge on any atom is -0.466 e. The fourth-order valence-electron chi connectivity index (χ4n) is 12.6. The third kappa shape index (κ3) is 73.0. The van der Waals surface area contributed by atoms with Gasteiger partial charge in [0.2, 0.25) is 5.91 Å². The van der Waals surface area contributed by atoms with Crippen LogP contribution in [0.25, 0.3) is 0 Å². The molecule has 0 aliphatic heterocycles. The van der Waals surface area contributed by atoms with Crippen molar-refractivity contribution >= 4 is 11.9 Å². The van der Waals surface area contributed by atoms with E-state index < -0.39 is 12.1 Å². The first-order chi connectivity index (χ1) is 43.0. The third-order valence-corrected chi connectivity index (χ3v) is 18.7. The maximum absolute atomic E-state index is 12.6. The van der Waals surface area contributed by atoms with Crippen LogP contribution in [0.5, 0.6) is 0 Å². The topological polar surface area (TPSA) is 95.9 Å². The molecule has 0 radical (unpaired) electrons. The van der Waals surface area contributed by atoms with Crippen LogP contribution >= 0.6 is 0 Å². The van der Waals surface area contributed by atoms with Gasteiger partial charge in [-0.25, -0.2) is 0 Å². The molecular formula is C81H155NO5. The average molecular weight is 1220 g/mol. The van der Waals surface area contributed by atoms with Crippen LogP contribution in [0.4, 0.5) is 0 Å². The van der Waals surface area contributed by atoms with Gasteiger partial charge in [-0.2, -0.15) is 0 Å². The first kappa shape index (κ1) is 85.1. The summed E-state index contributed by atoms with van der Waals surface area (Å²) in [6.07, 6.45) is 99.7. The van der Waals surface area contributed by atoms with Crippen LogP contribution in [0.3, 0.4) is 0 Å². The van der Waals surface area contributed by atoms with Crippen molar-refractivity contribution in [3.63, 3.8) is 0 Å². The molecule has 0 bridgehead atoms. The number of unbranched alkanes of at least 4 members (excludes halogenated alkanes) is 60. The molecule has 6 heteroatoms. The molecule has 0 heterocycles. The summed E-state index contributed by atoms with van der Waals surface area (Å²) < 4.78 is 5.51. The minimum atomic E-state index is -0.845. The largest absolute Gasteiger partial charge is 0.466 e. The highest BCUT2D eigenvalue weighted by Crippen LogP contribution is 2.20. The second kappa shape index (κ2) is 76.5. The van der Waals surface area contributed by atoms with Gasteiger partial charge in [0.25, 0.3) is 0 Å². The Kier molecular flexibility index (Phi) is 74.8. The number of hydrogen-bond donors (Lipinski definition) is 3. The van der Waals surface area contributed by atoms with Crippen LogP contribution in [0.2, 0.25) is 0 Å². The van der Waals surface area contributed by atoms with E-state index in [-0.39, 0.29) is 18.5 Å². The minimum absolute atomic E-state index is 0.0140. The summed E-state index contributed by atoms with van der Waals surface area (Å²) in [6.45, 7) is 4.93. The van der Waals surface area contributed by atoms with Gasteiger partial charge in [0.15, 0.2) is 0 Å². The molecule has 0 rings (SSSR count). The van der Waals surface area contributed by atoms with E-state index in [4.69, 9.17) is 4.74 Å². The number of aliphatic hydroxyl groups excluding tert-OH is 2. The average Bonchev–Trinajstić information content (AvgIpc) is 3.53. The summed E-state index contributed by atoms with van der Waals surface area (Å²) in [7, 11) is 0. The Bertz CT molecular complexity index is 1410. The molecule has 0 aromatic carbocycles. The van der Waals surface area contributed by atoms with Crippen molar-refractivity contribution in [1.29, 1.82) is 0 Å². The fourth-order valence-corrected chi connectivity index (χ4v) is 12.6. The maximum atomic E-state index is 12.6. The van der Waals surface area contributed by atoms with Crippen LogP contribution in [-0.4, -0.2) is 47.4 Å². The van der Waals surface area contributed by atoms with E-state index in [1.165, 1.54) is 366 Å². The lowest BCUT2D eigenvalue weighted by atomic mass is 10.0. The van der Waals surface area contributed by atoms with Gasteiger partial charge in [-0.3, -0.25) is 9.59 Å². The number of amides is 1. The quantitative estimate of drug-likeness (QED) is 0.0320. The van der Waals surface area contributed by atoms with E-state index in [2.05, 4.69) is 43.5 Å². The molecule has 0 fully saturated rings. The maximum Gasteiger partial charge on any atom is 0.305 e. The van der Waals surface area contributed by atoms with E-state index in [0.29, 0.717) is 19.4 Å². The van der Waals surface area contributed by atoms with E-state index in [9.17, 15) is 19.8 Å². The molecule has 0 spiro atoms. The van der Waals surface area contributed by atoms with Crippen molar-refractivity contribution in [3.05, 3.63) is 36.5 Å². The number of rotatable bonds is 75. The lowest BCUT2D eigenvalue weighted by Gasteiger charge is -2.20. The standard InChI is InChI=1S/C81H155NO5/c1-3-5-7-9-11-13-15-17-19-21-23-24-25-28-31-34-38-41-45-49-53-57-61-65-69-73-79(84)78(77-83)82-80(85)74-70-66-62-58-54-50-46-42-39-35-32-29-26-27-30-33-36-40-44-48-52-56-60-64-68-72-76-87-81(86)75-71-67-63-59-55-51-47-43-37-22-20-18-16-14-12-10-8-6-4-2/h12,14,18,20,69,73,78-79,83-84H,3-11,13,15-17,19,21-68,70-72,74-77H2,1-2H3,(H,82,85)/b14-12-,20-18-,73-69+. The van der Waals surface area contributed by atoms with Gasteiger partial charge in [-0.15, -0.1) is 0 Å². The molecule has 0 aromatic rings. The highest BCUT2D eigenvalue weighted by molar-refractivity contribution is 5.76. The van der Waals surface area contributed by atoms with Crippen LogP contribution < -0.4 is 5.32 Å². The van der Waals surface area contributed by atoms with Crippen molar-refractivity contribution < 1.29 is 24.5 Å². The Morgan fingerprint density at radius 2 is 0.575 bits per heavy atom. The van der Waals surface area contributed by atoms with Gasteiger partial charge in [-0.05, 0) is 64.2 Å². The number of aliphatic hydroxyl groups is 2. The summed E-state index contributed by atoms with van der Waals surface area (Å²) in [5.74, 6) is -0.0466. The van der Waals surface area contributed by atoms with Crippen LogP contribution in [0.1, 0.15) is 444 Å². The first-order valence-corrected chi connectivity index (χ1v) is 39.8. The number of hydrogen-bond acceptors (Lipinski definition) is 5. The monoisotopic (exact) mass is 1220 g/mol. The molecule has 2 atom stereocenters. The van der Waals surface area contributed by atoms with Crippen LogP contribution in [0, 0.1) is 0 Å². The zero-order chi connectivity index (χ0) is 62.8. The van der Waals surface area contributed by atoms with Crippen LogP contribution in [-0.2, 0) is 14.3 Å². The van der Waals surface area contributed by atoms with Crippen molar-refractivity contribution in [2.45, 2.75) is 456 Å². The number of carbonyl (C=O) groups is 2. The molecule has 0 saturated carbocycles. The zero-order valence-corrected chi connectivity index (χ0v) is 59.0. The summed E-state index contributed by atoms with van der Waals surface area (Å²) in [6, 6.07) is -0.628. The lowest BCUT2D eigenvalue weighted by molar-refractivity contribution is -0.143. The van der Waals surface area contributed by atoms with Crippen LogP contribution in [0.15, 0.2) is 36.5 Å². The van der Waals surface area contributed by atoms with E-state index >= 15 is 0 Å². The van der Waals surface area contributed by atoms with Gasteiger partial charge in [0.05, 0.1) is 25.4 Å². The Labute approximate surface area is 544 Å². The summed E-state index contributed by atoms with van der Waals surface area (Å²) >= 11 is 0. The lowest BCUT2D eigenvalue weighted by Crippen LogP contribution is -2.45. The molecule has 6 nitrogen and oxygen atoms in total. The normalized spacial score (nSPS) is 12.6. The third-order valence-electron chi connectivity index (χ3n) is 18.7. The number of allylic oxidation sites excluding steroid dienone is 5. The van der Waals surface area contributed by atoms with Crippen molar-refractivity contribution in [1.82, 2.24) is 5.32 Å². The molecule has 0 saturated heterocycles. The molecule has 2 unspecified atom stereocenters. The molecule has 0 aliphatic rings. The molecular weight excluding hydrogens is 1070 g/mol. The van der Waals surface area contributed by atoms with Gasteiger partial charge in [0.1, 0.15) is 0 Å². The summed E-state index contributed by atoms with van der Waals surface area (Å²) in [5.41, 5.74) is 0. The second-order valence-corrected chi connectivity index (χ2v) is 27.4. The van der Waals surface area contributed by atoms with Crippen molar-refractivity contribution in [2.75, 3.05) is 13.2 Å². The highest BCUT2D eigenvalue weighted by Gasteiger charge is 2.18. The molecule has 1 amide bonds. The molecule has 0 aromatic heterocycles. The van der Waals surface area contributed by atoms with Gasteiger partial charge in [-0.1, -0.05) is 403 Å². The summed E-state index contributed by atoms with van der Waals surface area (Å²) in [4.78, 5) is 24.7. The molecule has 3 N–H and O–H groups in total. The first-order valence-electron chi connectivity index (χ1n) is 39.8. The van der Waals surface area contributed by atoms with Gasteiger partial charge in [0, 0.05) is 12.8 Å². The second-order valence-electron chi connectivity index (χ2n) is 27.4. The Morgan fingerprint density at radius 1 is 0.322 bits per heavy atom. The highest BCUT2D eigenvalue weighted by atomic mass is 16.5. The predicted molar refractivity (Wildman–Crippen MR) is 384 cm³/mol. The zero-order valence-electron chi connectivity index (χ0n) is 59.0. The smallest absolute Gasteiger partial charge is 0.305 e. The van der Waals surface area contributed by atoms with Crippen molar-refractivity contribution in [3.8, 4) is 0 Å². The fraction of sp³-hybridized carbons (Fsp3) is 0.901. The SMILES string of the molecule is CCCCC/C=C\C/C=C\CCCCCCCCCCCC(=O)OCCCCCCCCCCCCCCCCCCCCCCCCCCCCC(=O)NC(CO)C(O)/C=C/CCCCCCCCCCCCCCCCCCCCCCCCC. The molecule has 87 heavy (non-hydrogen) atoms. The number of carbonyl (C=O) groups excluding carboxylic acids is 2.